The number of methoxy groups -OCH3 is 1. The quantitative estimate of drug-likeness (QED) is 0.944. The van der Waals surface area contributed by atoms with Crippen LogP contribution in [0, 0.1) is 0 Å². The van der Waals surface area contributed by atoms with E-state index in [1.54, 1.807) is 13.2 Å². The van der Waals surface area contributed by atoms with Gasteiger partial charge in [0.25, 0.3) is 0 Å². The lowest BCUT2D eigenvalue weighted by molar-refractivity contribution is 0.275. The van der Waals surface area contributed by atoms with E-state index in [4.69, 9.17) is 9.47 Å². The topological polar surface area (TPSA) is 47.6 Å². The Morgan fingerprint density at radius 1 is 1.19 bits per heavy atom. The normalized spacial score (nSPS) is 14.7. The third-order valence-electron chi connectivity index (χ3n) is 3.40. The van der Waals surface area contributed by atoms with Gasteiger partial charge in [-0.3, -0.25) is 0 Å². The minimum atomic E-state index is -1.36. The fourth-order valence-electron chi connectivity index (χ4n) is 2.41. The zero-order chi connectivity index (χ0) is 14.7. The first-order valence-corrected chi connectivity index (χ1v) is 8.00. The molecule has 1 aliphatic rings. The minimum absolute atomic E-state index is 0.649. The van der Waals surface area contributed by atoms with E-state index in [1.165, 1.54) is 0 Å². The van der Waals surface area contributed by atoms with Gasteiger partial charge in [-0.2, -0.15) is 0 Å². The molecule has 0 saturated carbocycles. The molecule has 110 valence electrons. The second-order valence-corrected chi connectivity index (χ2v) is 5.94. The van der Waals surface area contributed by atoms with Crippen molar-refractivity contribution in [2.45, 2.75) is 17.7 Å². The van der Waals surface area contributed by atoms with Crippen LogP contribution in [0.1, 0.15) is 12.0 Å². The summed E-state index contributed by atoms with van der Waals surface area (Å²) in [5, 5.41) is 0. The highest BCUT2D eigenvalue weighted by atomic mass is 32.2. The number of anilines is 1. The van der Waals surface area contributed by atoms with Gasteiger partial charge in [-0.1, -0.05) is 18.2 Å². The summed E-state index contributed by atoms with van der Waals surface area (Å²) >= 11 is 0. The van der Waals surface area contributed by atoms with Gasteiger partial charge >= 0.3 is 0 Å². The number of hydrogen-bond acceptors (Lipinski definition) is 3. The first kappa shape index (κ1) is 13.9. The van der Waals surface area contributed by atoms with Crippen LogP contribution in [0.3, 0.4) is 0 Å². The number of hydrogen-bond donors (Lipinski definition) is 1. The zero-order valence-corrected chi connectivity index (χ0v) is 12.6. The van der Waals surface area contributed by atoms with Crippen LogP contribution >= 0.6 is 0 Å². The Morgan fingerprint density at radius 3 is 2.76 bits per heavy atom. The molecule has 1 aliphatic heterocycles. The van der Waals surface area contributed by atoms with Crippen LogP contribution in [0.25, 0.3) is 0 Å². The highest BCUT2D eigenvalue weighted by molar-refractivity contribution is 7.86. The van der Waals surface area contributed by atoms with Gasteiger partial charge in [-0.25, -0.2) is 4.21 Å². The summed E-state index contributed by atoms with van der Waals surface area (Å²) in [6.07, 6.45) is 1.83. The summed E-state index contributed by atoms with van der Waals surface area (Å²) in [5.74, 6) is 1.49. The summed E-state index contributed by atoms with van der Waals surface area (Å²) in [4.78, 5) is 0.661. The number of para-hydroxylation sites is 1. The monoisotopic (exact) mass is 303 g/mol. The Labute approximate surface area is 126 Å². The fraction of sp³-hybridized carbons (Fsp3) is 0.250. The zero-order valence-electron chi connectivity index (χ0n) is 11.8. The summed E-state index contributed by atoms with van der Waals surface area (Å²) in [6.45, 7) is 0.649. The van der Waals surface area contributed by atoms with Gasteiger partial charge in [0.1, 0.15) is 16.4 Å². The molecule has 1 heterocycles. The van der Waals surface area contributed by atoms with Crippen LogP contribution in [0.5, 0.6) is 11.5 Å². The molecule has 4 nitrogen and oxygen atoms in total. The smallest absolute Gasteiger partial charge is 0.154 e. The molecule has 21 heavy (non-hydrogen) atoms. The average Bonchev–Trinajstić information content (AvgIpc) is 2.54. The maximum atomic E-state index is 12.6. The van der Waals surface area contributed by atoms with Crippen LogP contribution in [0.2, 0.25) is 0 Å². The van der Waals surface area contributed by atoms with E-state index < -0.39 is 11.0 Å². The SMILES string of the molecule is COc1ccc(S(=O)Nc2ccccc2)c2c1CCCO2. The van der Waals surface area contributed by atoms with Crippen molar-refractivity contribution >= 4 is 16.7 Å². The number of rotatable bonds is 4. The van der Waals surface area contributed by atoms with Gasteiger partial charge in [-0.05, 0) is 37.1 Å². The standard InChI is InChI=1S/C16H17NO3S/c1-19-14-9-10-15(16-13(14)8-5-11-20-16)21(18)17-12-6-3-2-4-7-12/h2-4,6-7,9-10,17H,5,8,11H2,1H3. The molecule has 0 saturated heterocycles. The Kier molecular flexibility index (Phi) is 4.10. The fourth-order valence-corrected chi connectivity index (χ4v) is 3.41. The van der Waals surface area contributed by atoms with Crippen molar-refractivity contribution in [2.24, 2.45) is 0 Å². The first-order valence-electron chi connectivity index (χ1n) is 6.86. The number of fused-ring (bicyclic) bond motifs is 1. The second-order valence-electron chi connectivity index (χ2n) is 4.76. The van der Waals surface area contributed by atoms with Crippen LogP contribution in [0.4, 0.5) is 5.69 Å². The Hall–Kier alpha value is -2.01. The molecule has 2 aromatic carbocycles. The summed E-state index contributed by atoms with van der Waals surface area (Å²) in [5.41, 5.74) is 1.82. The van der Waals surface area contributed by atoms with Gasteiger partial charge in [0, 0.05) is 11.3 Å². The lowest BCUT2D eigenvalue weighted by atomic mass is 10.1. The Bertz CT molecular complexity index is 658. The predicted octanol–water partition coefficient (Wildman–Crippen LogP) is 3.15. The van der Waals surface area contributed by atoms with Crippen molar-refractivity contribution in [3.8, 4) is 11.5 Å². The van der Waals surface area contributed by atoms with Crippen molar-refractivity contribution in [3.05, 3.63) is 48.0 Å². The molecule has 1 unspecified atom stereocenters. The maximum Gasteiger partial charge on any atom is 0.154 e. The summed E-state index contributed by atoms with van der Waals surface area (Å²) in [6, 6.07) is 13.2. The van der Waals surface area contributed by atoms with Crippen LogP contribution < -0.4 is 14.2 Å². The number of ether oxygens (including phenoxy) is 2. The van der Waals surface area contributed by atoms with Crippen molar-refractivity contribution in [2.75, 3.05) is 18.4 Å². The van der Waals surface area contributed by atoms with Crippen molar-refractivity contribution in [3.63, 3.8) is 0 Å². The van der Waals surface area contributed by atoms with E-state index in [0.717, 1.165) is 29.8 Å². The molecule has 3 rings (SSSR count). The van der Waals surface area contributed by atoms with Gasteiger partial charge < -0.3 is 14.2 Å². The predicted molar refractivity (Wildman–Crippen MR) is 83.3 cm³/mol. The van der Waals surface area contributed by atoms with E-state index in [1.807, 2.05) is 36.4 Å². The van der Waals surface area contributed by atoms with E-state index in [-0.39, 0.29) is 0 Å². The minimum Gasteiger partial charge on any atom is -0.496 e. The molecule has 0 fully saturated rings. The number of nitrogens with one attached hydrogen (secondary N) is 1. The van der Waals surface area contributed by atoms with E-state index in [0.29, 0.717) is 17.3 Å². The molecule has 0 radical (unpaired) electrons. The van der Waals surface area contributed by atoms with Crippen molar-refractivity contribution in [1.82, 2.24) is 0 Å². The lowest BCUT2D eigenvalue weighted by Crippen LogP contribution is -2.14. The summed E-state index contributed by atoms with van der Waals surface area (Å²) < 4.78 is 26.7. The largest absolute Gasteiger partial charge is 0.496 e. The van der Waals surface area contributed by atoms with E-state index >= 15 is 0 Å². The van der Waals surface area contributed by atoms with E-state index in [2.05, 4.69) is 4.72 Å². The number of benzene rings is 2. The van der Waals surface area contributed by atoms with Crippen molar-refractivity contribution < 1.29 is 13.7 Å². The third kappa shape index (κ3) is 2.88. The molecular weight excluding hydrogens is 286 g/mol. The lowest BCUT2D eigenvalue weighted by Gasteiger charge is -2.22. The molecule has 0 aliphatic carbocycles. The molecule has 0 bridgehead atoms. The molecule has 0 amide bonds. The Balaban J connectivity index is 1.93. The molecule has 0 aromatic heterocycles. The van der Waals surface area contributed by atoms with Gasteiger partial charge in [0.2, 0.25) is 0 Å². The summed E-state index contributed by atoms with van der Waals surface area (Å²) in [7, 11) is 0.277. The van der Waals surface area contributed by atoms with Gasteiger partial charge in [-0.15, -0.1) is 0 Å². The molecule has 0 spiro atoms. The maximum absolute atomic E-state index is 12.6. The molecule has 2 aromatic rings. The Morgan fingerprint density at radius 2 is 2.00 bits per heavy atom. The van der Waals surface area contributed by atoms with E-state index in [9.17, 15) is 4.21 Å². The first-order chi connectivity index (χ1) is 10.3. The van der Waals surface area contributed by atoms with Gasteiger partial charge in [0.15, 0.2) is 11.0 Å². The highest BCUT2D eigenvalue weighted by Crippen LogP contribution is 2.37. The third-order valence-corrected chi connectivity index (χ3v) is 4.54. The molecule has 5 heteroatoms. The van der Waals surface area contributed by atoms with Crippen LogP contribution in [-0.4, -0.2) is 17.9 Å². The van der Waals surface area contributed by atoms with Crippen LogP contribution in [-0.2, 0) is 17.4 Å². The molecular formula is C16H17NO3S. The van der Waals surface area contributed by atoms with Gasteiger partial charge in [0.05, 0.1) is 13.7 Å². The molecule has 1 N–H and O–H groups in total. The average molecular weight is 303 g/mol. The highest BCUT2D eigenvalue weighted by Gasteiger charge is 2.22. The van der Waals surface area contributed by atoms with Crippen LogP contribution in [0.15, 0.2) is 47.4 Å². The molecule has 1 atom stereocenters. The van der Waals surface area contributed by atoms with Crippen molar-refractivity contribution in [1.29, 1.82) is 0 Å². The second kappa shape index (κ2) is 6.18.